The van der Waals surface area contributed by atoms with Crippen LogP contribution >= 0.6 is 0 Å². The van der Waals surface area contributed by atoms with Crippen molar-refractivity contribution in [2.45, 2.75) is 12.8 Å². The molecule has 6 nitrogen and oxygen atoms in total. The molecule has 0 aromatic heterocycles. The average molecular weight is 356 g/mol. The van der Waals surface area contributed by atoms with Gasteiger partial charge in [0.2, 0.25) is 5.91 Å². The first-order valence-corrected chi connectivity index (χ1v) is 8.67. The van der Waals surface area contributed by atoms with E-state index >= 15 is 0 Å². The zero-order valence-electron chi connectivity index (χ0n) is 15.1. The number of hydrogen-bond donors (Lipinski definition) is 2. The molecule has 1 amide bonds. The smallest absolute Gasteiger partial charge is 0.227 e. The Balaban J connectivity index is 1.65. The van der Waals surface area contributed by atoms with Gasteiger partial charge >= 0.3 is 0 Å². The van der Waals surface area contributed by atoms with Gasteiger partial charge in [0, 0.05) is 36.6 Å². The zero-order valence-corrected chi connectivity index (χ0v) is 15.1. The summed E-state index contributed by atoms with van der Waals surface area (Å²) in [5.41, 5.74) is 2.48. The number of amides is 1. The van der Waals surface area contributed by atoms with Crippen molar-refractivity contribution in [3.63, 3.8) is 0 Å². The van der Waals surface area contributed by atoms with E-state index in [9.17, 15) is 4.79 Å². The second kappa shape index (κ2) is 8.58. The highest BCUT2D eigenvalue weighted by Gasteiger charge is 2.21. The molecular weight excluding hydrogens is 332 g/mol. The molecule has 2 aromatic carbocycles. The van der Waals surface area contributed by atoms with Gasteiger partial charge < -0.3 is 24.8 Å². The van der Waals surface area contributed by atoms with Gasteiger partial charge in [0.1, 0.15) is 11.5 Å². The lowest BCUT2D eigenvalue weighted by Crippen LogP contribution is -2.28. The van der Waals surface area contributed by atoms with Gasteiger partial charge in [0.05, 0.1) is 19.9 Å². The molecule has 6 heteroatoms. The van der Waals surface area contributed by atoms with Crippen molar-refractivity contribution in [1.82, 2.24) is 0 Å². The van der Waals surface area contributed by atoms with E-state index in [0.29, 0.717) is 13.2 Å². The third-order valence-corrected chi connectivity index (χ3v) is 4.43. The maximum atomic E-state index is 12.3. The minimum Gasteiger partial charge on any atom is -0.497 e. The summed E-state index contributed by atoms with van der Waals surface area (Å²) in [6.45, 7) is 1.31. The topological polar surface area (TPSA) is 68.8 Å². The third kappa shape index (κ3) is 4.46. The van der Waals surface area contributed by atoms with Gasteiger partial charge in [-0.3, -0.25) is 4.79 Å². The van der Waals surface area contributed by atoms with Gasteiger partial charge in [-0.2, -0.15) is 0 Å². The maximum absolute atomic E-state index is 12.3. The second-order valence-corrected chi connectivity index (χ2v) is 6.14. The largest absolute Gasteiger partial charge is 0.497 e. The van der Waals surface area contributed by atoms with Gasteiger partial charge in [-0.15, -0.1) is 0 Å². The molecule has 2 aromatic rings. The molecule has 1 saturated heterocycles. The number of benzene rings is 2. The Morgan fingerprint density at radius 3 is 2.35 bits per heavy atom. The van der Waals surface area contributed by atoms with E-state index in [1.165, 1.54) is 0 Å². The molecule has 0 aliphatic carbocycles. The molecule has 1 fully saturated rings. The third-order valence-electron chi connectivity index (χ3n) is 4.43. The Hall–Kier alpha value is -2.73. The Morgan fingerprint density at radius 1 is 1.00 bits per heavy atom. The van der Waals surface area contributed by atoms with Crippen LogP contribution in [0.15, 0.2) is 42.5 Å². The van der Waals surface area contributed by atoms with Crippen LogP contribution in [0.25, 0.3) is 0 Å². The van der Waals surface area contributed by atoms with Crippen LogP contribution in [0.4, 0.5) is 17.1 Å². The predicted molar refractivity (Wildman–Crippen MR) is 101 cm³/mol. The summed E-state index contributed by atoms with van der Waals surface area (Å²) in [7, 11) is 3.25. The van der Waals surface area contributed by atoms with Crippen LogP contribution in [0.3, 0.4) is 0 Å². The van der Waals surface area contributed by atoms with Crippen molar-refractivity contribution in [2.24, 2.45) is 5.92 Å². The van der Waals surface area contributed by atoms with E-state index in [4.69, 9.17) is 14.2 Å². The highest BCUT2D eigenvalue weighted by atomic mass is 16.5. The lowest BCUT2D eigenvalue weighted by atomic mass is 9.99. The van der Waals surface area contributed by atoms with Crippen molar-refractivity contribution in [3.05, 3.63) is 42.5 Å². The van der Waals surface area contributed by atoms with E-state index in [2.05, 4.69) is 10.6 Å². The van der Waals surface area contributed by atoms with Crippen molar-refractivity contribution in [3.8, 4) is 11.5 Å². The summed E-state index contributed by atoms with van der Waals surface area (Å²) in [4.78, 5) is 12.3. The SMILES string of the molecule is COc1ccc(OC)c(Nc2ccc(NC(=O)C3CCOCC3)cc2)c1. The summed E-state index contributed by atoms with van der Waals surface area (Å²) in [5, 5.41) is 6.28. The molecule has 138 valence electrons. The Bertz CT molecular complexity index is 740. The van der Waals surface area contributed by atoms with Crippen molar-refractivity contribution < 1.29 is 19.0 Å². The number of ether oxygens (including phenoxy) is 3. The average Bonchev–Trinajstić information content (AvgIpc) is 2.70. The Kier molecular flexibility index (Phi) is 5.96. The first kappa shape index (κ1) is 18.1. The van der Waals surface area contributed by atoms with Gasteiger partial charge in [-0.25, -0.2) is 0 Å². The quantitative estimate of drug-likeness (QED) is 0.824. The van der Waals surface area contributed by atoms with Crippen LogP contribution in [0.2, 0.25) is 0 Å². The lowest BCUT2D eigenvalue weighted by Gasteiger charge is -2.21. The summed E-state index contributed by atoms with van der Waals surface area (Å²) >= 11 is 0. The number of rotatable bonds is 6. The summed E-state index contributed by atoms with van der Waals surface area (Å²) in [5.74, 6) is 1.56. The van der Waals surface area contributed by atoms with E-state index in [1.807, 2.05) is 42.5 Å². The summed E-state index contributed by atoms with van der Waals surface area (Å²) in [6.07, 6.45) is 1.56. The minimum absolute atomic E-state index is 0.0302. The summed E-state index contributed by atoms with van der Waals surface area (Å²) in [6, 6.07) is 13.2. The van der Waals surface area contributed by atoms with Crippen LogP contribution in [0.5, 0.6) is 11.5 Å². The zero-order chi connectivity index (χ0) is 18.4. The Labute approximate surface area is 153 Å². The first-order chi connectivity index (χ1) is 12.7. The normalized spacial score (nSPS) is 14.5. The molecule has 1 heterocycles. The fourth-order valence-electron chi connectivity index (χ4n) is 2.91. The van der Waals surface area contributed by atoms with Crippen LogP contribution in [0, 0.1) is 5.92 Å². The standard InChI is InChI=1S/C20H24N2O4/c1-24-17-7-8-19(25-2)18(13-17)21-15-3-5-16(6-4-15)22-20(23)14-9-11-26-12-10-14/h3-8,13-14,21H,9-12H2,1-2H3,(H,22,23). The number of nitrogens with one attached hydrogen (secondary N) is 2. The number of carbonyl (C=O) groups excluding carboxylic acids is 1. The van der Waals surface area contributed by atoms with E-state index in [-0.39, 0.29) is 11.8 Å². The molecule has 1 aliphatic rings. The maximum Gasteiger partial charge on any atom is 0.227 e. The Morgan fingerprint density at radius 2 is 1.69 bits per heavy atom. The van der Waals surface area contributed by atoms with Gasteiger partial charge in [0.25, 0.3) is 0 Å². The number of hydrogen-bond acceptors (Lipinski definition) is 5. The van der Waals surface area contributed by atoms with Crippen molar-refractivity contribution in [2.75, 3.05) is 38.1 Å². The number of anilines is 3. The van der Waals surface area contributed by atoms with Crippen LogP contribution in [-0.2, 0) is 9.53 Å². The van der Waals surface area contributed by atoms with E-state index in [1.54, 1.807) is 14.2 Å². The predicted octanol–water partition coefficient (Wildman–Crippen LogP) is 3.81. The van der Waals surface area contributed by atoms with E-state index < -0.39 is 0 Å². The molecule has 0 saturated carbocycles. The molecule has 0 spiro atoms. The van der Waals surface area contributed by atoms with E-state index in [0.717, 1.165) is 41.4 Å². The molecule has 1 aliphatic heterocycles. The fourth-order valence-corrected chi connectivity index (χ4v) is 2.91. The molecule has 2 N–H and O–H groups in total. The van der Waals surface area contributed by atoms with Crippen LogP contribution in [0.1, 0.15) is 12.8 Å². The highest BCUT2D eigenvalue weighted by Crippen LogP contribution is 2.31. The van der Waals surface area contributed by atoms with Crippen molar-refractivity contribution >= 4 is 23.0 Å². The van der Waals surface area contributed by atoms with Gasteiger partial charge in [-0.1, -0.05) is 0 Å². The molecular formula is C20H24N2O4. The number of carbonyl (C=O) groups is 1. The van der Waals surface area contributed by atoms with Crippen molar-refractivity contribution in [1.29, 1.82) is 0 Å². The van der Waals surface area contributed by atoms with Crippen LogP contribution < -0.4 is 20.1 Å². The lowest BCUT2D eigenvalue weighted by molar-refractivity contribution is -0.122. The number of methoxy groups -OCH3 is 2. The van der Waals surface area contributed by atoms with Gasteiger partial charge in [-0.05, 0) is 49.2 Å². The minimum atomic E-state index is 0.0302. The van der Waals surface area contributed by atoms with Gasteiger partial charge in [0.15, 0.2) is 0 Å². The highest BCUT2D eigenvalue weighted by molar-refractivity contribution is 5.92. The molecule has 0 bridgehead atoms. The molecule has 0 atom stereocenters. The molecule has 26 heavy (non-hydrogen) atoms. The molecule has 3 rings (SSSR count). The fraction of sp³-hybridized carbons (Fsp3) is 0.350. The van der Waals surface area contributed by atoms with Crippen LogP contribution in [-0.4, -0.2) is 33.3 Å². The second-order valence-electron chi connectivity index (χ2n) is 6.14. The monoisotopic (exact) mass is 356 g/mol. The molecule has 0 unspecified atom stereocenters. The molecule has 0 radical (unpaired) electrons. The summed E-state index contributed by atoms with van der Waals surface area (Å²) < 4.78 is 15.9. The first-order valence-electron chi connectivity index (χ1n) is 8.67.